The van der Waals surface area contributed by atoms with Crippen LogP contribution in [-0.4, -0.2) is 39.4 Å². The molecule has 6 heteroatoms. The maximum Gasteiger partial charge on any atom is 0.252 e. The molecule has 1 N–H and O–H groups in total. The molecule has 4 nitrogen and oxygen atoms in total. The first-order valence-corrected chi connectivity index (χ1v) is 6.19. The van der Waals surface area contributed by atoms with Gasteiger partial charge in [-0.1, -0.05) is 11.6 Å². The molecular weight excluding hydrogens is 274 g/mol. The number of methoxy groups -OCH3 is 2. The Bertz CT molecular complexity index is 414. The molecule has 0 saturated carbocycles. The van der Waals surface area contributed by atoms with Gasteiger partial charge in [0.15, 0.2) is 0 Å². The predicted octanol–water partition coefficient (Wildman–Crippen LogP) is 2.02. The van der Waals surface area contributed by atoms with Gasteiger partial charge in [0, 0.05) is 25.7 Å². The number of hydrogen-bond acceptors (Lipinski definition) is 4. The molecule has 1 unspecified atom stereocenters. The van der Waals surface area contributed by atoms with E-state index in [4.69, 9.17) is 21.1 Å². The van der Waals surface area contributed by atoms with E-state index in [1.807, 2.05) is 0 Å². The van der Waals surface area contributed by atoms with Gasteiger partial charge in [-0.25, -0.2) is 0 Å². The molecule has 1 rings (SSSR count). The fourth-order valence-corrected chi connectivity index (χ4v) is 1.79. The summed E-state index contributed by atoms with van der Waals surface area (Å²) in [4.78, 5) is 12.6. The maximum atomic E-state index is 11.9. The Labute approximate surface area is 117 Å². The lowest BCUT2D eigenvalue weighted by atomic mass is 10.2. The van der Waals surface area contributed by atoms with Gasteiger partial charge >= 0.3 is 0 Å². The van der Waals surface area contributed by atoms with Crippen molar-refractivity contribution in [3.63, 3.8) is 0 Å². The topological polar surface area (TPSA) is 47.6 Å². The molecule has 0 aliphatic carbocycles. The standard InChI is InChI=1S/C12H16ClNO3S/c1-16-7-8(17-2)6-14-12(15)10-5-9(18)3-4-11(10)13/h3-5,8,18H,6-7H2,1-2H3,(H,14,15). The van der Waals surface area contributed by atoms with E-state index in [9.17, 15) is 4.79 Å². The number of amides is 1. The van der Waals surface area contributed by atoms with E-state index in [0.717, 1.165) is 0 Å². The van der Waals surface area contributed by atoms with Gasteiger partial charge in [-0.2, -0.15) is 0 Å². The molecule has 18 heavy (non-hydrogen) atoms. The highest BCUT2D eigenvalue weighted by molar-refractivity contribution is 7.80. The summed E-state index contributed by atoms with van der Waals surface area (Å²) in [5, 5.41) is 3.13. The van der Waals surface area contributed by atoms with Crippen LogP contribution in [0.4, 0.5) is 0 Å². The largest absolute Gasteiger partial charge is 0.382 e. The summed E-state index contributed by atoms with van der Waals surface area (Å²) in [6, 6.07) is 4.99. The quantitative estimate of drug-likeness (QED) is 0.788. The first-order chi connectivity index (χ1) is 8.58. The smallest absolute Gasteiger partial charge is 0.252 e. The zero-order valence-corrected chi connectivity index (χ0v) is 11.9. The van der Waals surface area contributed by atoms with Gasteiger partial charge in [-0.05, 0) is 18.2 Å². The van der Waals surface area contributed by atoms with E-state index in [2.05, 4.69) is 17.9 Å². The zero-order chi connectivity index (χ0) is 13.5. The number of benzene rings is 1. The molecule has 100 valence electrons. The molecule has 1 amide bonds. The lowest BCUT2D eigenvalue weighted by Crippen LogP contribution is -2.35. The van der Waals surface area contributed by atoms with Crippen molar-refractivity contribution >= 4 is 30.1 Å². The van der Waals surface area contributed by atoms with Crippen LogP contribution in [0.5, 0.6) is 0 Å². The molecule has 0 bridgehead atoms. The van der Waals surface area contributed by atoms with Crippen molar-refractivity contribution < 1.29 is 14.3 Å². The summed E-state index contributed by atoms with van der Waals surface area (Å²) in [6.07, 6.45) is -0.183. The van der Waals surface area contributed by atoms with Crippen LogP contribution in [0.15, 0.2) is 23.1 Å². The summed E-state index contributed by atoms with van der Waals surface area (Å²) >= 11 is 10.1. The molecule has 0 aromatic heterocycles. The fourth-order valence-electron chi connectivity index (χ4n) is 1.39. The molecule has 1 atom stereocenters. The van der Waals surface area contributed by atoms with E-state index in [0.29, 0.717) is 28.6 Å². The second-order valence-electron chi connectivity index (χ2n) is 3.69. The van der Waals surface area contributed by atoms with E-state index >= 15 is 0 Å². The number of carbonyl (C=O) groups excluding carboxylic acids is 1. The highest BCUT2D eigenvalue weighted by atomic mass is 35.5. The van der Waals surface area contributed by atoms with Crippen molar-refractivity contribution in [1.82, 2.24) is 5.32 Å². The summed E-state index contributed by atoms with van der Waals surface area (Å²) in [5.41, 5.74) is 0.399. The highest BCUT2D eigenvalue weighted by Crippen LogP contribution is 2.19. The minimum atomic E-state index is -0.256. The first kappa shape index (κ1) is 15.3. The Kier molecular flexibility index (Phi) is 6.49. The third-order valence-corrected chi connectivity index (χ3v) is 2.98. The Morgan fingerprint density at radius 3 is 2.83 bits per heavy atom. The minimum Gasteiger partial charge on any atom is -0.382 e. The number of hydrogen-bond donors (Lipinski definition) is 2. The normalized spacial score (nSPS) is 12.2. The van der Waals surface area contributed by atoms with E-state index in [1.54, 1.807) is 32.4 Å². The van der Waals surface area contributed by atoms with Crippen LogP contribution in [0.3, 0.4) is 0 Å². The van der Waals surface area contributed by atoms with Crippen molar-refractivity contribution in [2.24, 2.45) is 0 Å². The van der Waals surface area contributed by atoms with Gasteiger partial charge in [0.1, 0.15) is 0 Å². The Morgan fingerprint density at radius 2 is 2.22 bits per heavy atom. The number of thiol groups is 1. The molecule has 0 saturated heterocycles. The number of halogens is 1. The molecule has 0 heterocycles. The predicted molar refractivity (Wildman–Crippen MR) is 73.7 cm³/mol. The van der Waals surface area contributed by atoms with Gasteiger partial charge in [0.2, 0.25) is 0 Å². The van der Waals surface area contributed by atoms with Crippen molar-refractivity contribution in [1.29, 1.82) is 0 Å². The highest BCUT2D eigenvalue weighted by Gasteiger charge is 2.13. The van der Waals surface area contributed by atoms with Crippen molar-refractivity contribution in [3.05, 3.63) is 28.8 Å². The molecule has 1 aromatic rings. The fraction of sp³-hybridized carbons (Fsp3) is 0.417. The van der Waals surface area contributed by atoms with E-state index in [1.165, 1.54) is 0 Å². The molecular formula is C12H16ClNO3S. The average Bonchev–Trinajstić information content (AvgIpc) is 2.37. The lowest BCUT2D eigenvalue weighted by Gasteiger charge is -2.15. The number of ether oxygens (including phenoxy) is 2. The molecule has 0 spiro atoms. The third-order valence-electron chi connectivity index (χ3n) is 2.37. The van der Waals surface area contributed by atoms with Crippen LogP contribution in [0.2, 0.25) is 5.02 Å². The van der Waals surface area contributed by atoms with E-state index < -0.39 is 0 Å². The summed E-state index contributed by atoms with van der Waals surface area (Å²) < 4.78 is 10.1. The van der Waals surface area contributed by atoms with Gasteiger partial charge in [-0.3, -0.25) is 4.79 Å². The van der Waals surface area contributed by atoms with Gasteiger partial charge in [-0.15, -0.1) is 12.6 Å². The van der Waals surface area contributed by atoms with Gasteiger partial charge in [0.25, 0.3) is 5.91 Å². The summed E-state index contributed by atoms with van der Waals surface area (Å²) in [5.74, 6) is -0.256. The van der Waals surface area contributed by atoms with Crippen LogP contribution in [-0.2, 0) is 9.47 Å². The van der Waals surface area contributed by atoms with Crippen molar-refractivity contribution in [2.75, 3.05) is 27.4 Å². The zero-order valence-electron chi connectivity index (χ0n) is 10.3. The van der Waals surface area contributed by atoms with Crippen LogP contribution >= 0.6 is 24.2 Å². The molecule has 0 aliphatic rings. The monoisotopic (exact) mass is 289 g/mol. The molecule has 0 aliphatic heterocycles. The van der Waals surface area contributed by atoms with Crippen LogP contribution in [0, 0.1) is 0 Å². The molecule has 0 fully saturated rings. The number of rotatable bonds is 6. The Balaban J connectivity index is 2.62. The summed E-state index contributed by atoms with van der Waals surface area (Å²) in [7, 11) is 3.15. The van der Waals surface area contributed by atoms with Crippen molar-refractivity contribution in [2.45, 2.75) is 11.0 Å². The number of nitrogens with one attached hydrogen (secondary N) is 1. The van der Waals surface area contributed by atoms with Gasteiger partial charge in [0.05, 0.1) is 23.3 Å². The SMILES string of the molecule is COCC(CNC(=O)c1cc(S)ccc1Cl)OC. The molecule has 1 aromatic carbocycles. The van der Waals surface area contributed by atoms with Crippen molar-refractivity contribution in [3.8, 4) is 0 Å². The Morgan fingerprint density at radius 1 is 1.50 bits per heavy atom. The summed E-state index contributed by atoms with van der Waals surface area (Å²) in [6.45, 7) is 0.771. The van der Waals surface area contributed by atoms with Crippen LogP contribution in [0.25, 0.3) is 0 Å². The van der Waals surface area contributed by atoms with Gasteiger partial charge < -0.3 is 14.8 Å². The van der Waals surface area contributed by atoms with Crippen LogP contribution < -0.4 is 5.32 Å². The second kappa shape index (κ2) is 7.63. The average molecular weight is 290 g/mol. The maximum absolute atomic E-state index is 11.9. The van der Waals surface area contributed by atoms with Crippen LogP contribution in [0.1, 0.15) is 10.4 Å². The third kappa shape index (κ3) is 4.49. The first-order valence-electron chi connectivity index (χ1n) is 5.37. The Hall–Kier alpha value is -0.750. The number of carbonyl (C=O) groups is 1. The van der Waals surface area contributed by atoms with E-state index in [-0.39, 0.29) is 12.0 Å². The molecule has 0 radical (unpaired) electrons. The minimum absolute atomic E-state index is 0.183. The lowest BCUT2D eigenvalue weighted by molar-refractivity contribution is 0.0285. The second-order valence-corrected chi connectivity index (χ2v) is 4.61.